The number of sulfonamides is 1. The quantitative estimate of drug-likeness (QED) is 0.564. The van der Waals surface area contributed by atoms with E-state index in [1.807, 2.05) is 0 Å². The van der Waals surface area contributed by atoms with Gasteiger partial charge in [0.15, 0.2) is 0 Å². The van der Waals surface area contributed by atoms with E-state index >= 15 is 0 Å². The number of nitrogens with one attached hydrogen (secondary N) is 2. The Morgan fingerprint density at radius 3 is 2.39 bits per heavy atom. The summed E-state index contributed by atoms with van der Waals surface area (Å²) in [7, 11) is -3.07. The molecule has 1 rings (SSSR count). The largest absolute Gasteiger partial charge is 0.396 e. The molecule has 0 radical (unpaired) electrons. The first-order chi connectivity index (χ1) is 8.47. The Hall–Kier alpha value is -0.170. The molecule has 0 aromatic heterocycles. The molecule has 1 aliphatic rings. The molecule has 0 unspecified atom stereocenters. The van der Waals surface area contributed by atoms with Gasteiger partial charge in [0.2, 0.25) is 10.0 Å². The van der Waals surface area contributed by atoms with E-state index in [9.17, 15) is 13.5 Å². The van der Waals surface area contributed by atoms with Crippen LogP contribution in [0.3, 0.4) is 0 Å². The molecule has 5 nitrogen and oxygen atoms in total. The van der Waals surface area contributed by atoms with Crippen molar-refractivity contribution in [1.82, 2.24) is 10.0 Å². The highest BCUT2D eigenvalue weighted by Crippen LogP contribution is 2.35. The predicted molar refractivity (Wildman–Crippen MR) is 72.9 cm³/mol. The maximum atomic E-state index is 10.8. The molecular weight excluding hydrogens is 252 g/mol. The maximum absolute atomic E-state index is 10.8. The molecule has 0 saturated heterocycles. The lowest BCUT2D eigenvalue weighted by molar-refractivity contribution is 0.0815. The normalized spacial score (nSPS) is 19.9. The predicted octanol–water partition coefficient (Wildman–Crippen LogP) is 0.458. The fourth-order valence-electron chi connectivity index (χ4n) is 2.52. The fraction of sp³-hybridized carbons (Fsp3) is 1.00. The molecule has 0 bridgehead atoms. The molecule has 0 aliphatic heterocycles. The summed E-state index contributed by atoms with van der Waals surface area (Å²) in [5, 5.41) is 12.9. The van der Waals surface area contributed by atoms with Crippen molar-refractivity contribution < 1.29 is 13.5 Å². The highest BCUT2D eigenvalue weighted by atomic mass is 32.2. The first-order valence-corrected chi connectivity index (χ1v) is 8.63. The van der Waals surface area contributed by atoms with Crippen molar-refractivity contribution in [2.45, 2.75) is 38.5 Å². The van der Waals surface area contributed by atoms with E-state index in [0.717, 1.165) is 32.4 Å². The van der Waals surface area contributed by atoms with Crippen LogP contribution in [0.2, 0.25) is 0 Å². The molecular formula is C12H26N2O3S. The van der Waals surface area contributed by atoms with Gasteiger partial charge in [0.1, 0.15) is 0 Å². The molecule has 1 aliphatic carbocycles. The third-order valence-electron chi connectivity index (χ3n) is 3.64. The van der Waals surface area contributed by atoms with Crippen LogP contribution in [-0.2, 0) is 10.0 Å². The van der Waals surface area contributed by atoms with Gasteiger partial charge in [0.25, 0.3) is 0 Å². The van der Waals surface area contributed by atoms with E-state index in [4.69, 9.17) is 0 Å². The van der Waals surface area contributed by atoms with E-state index in [0.29, 0.717) is 6.54 Å². The van der Waals surface area contributed by atoms with E-state index in [-0.39, 0.29) is 12.0 Å². The van der Waals surface area contributed by atoms with Crippen LogP contribution in [0.5, 0.6) is 0 Å². The molecule has 6 heteroatoms. The monoisotopic (exact) mass is 278 g/mol. The lowest BCUT2D eigenvalue weighted by Crippen LogP contribution is -2.39. The molecule has 1 fully saturated rings. The Morgan fingerprint density at radius 2 is 1.83 bits per heavy atom. The Kier molecular flexibility index (Phi) is 6.55. The standard InChI is InChI=1S/C12H26N2O3S/c1-18(16,17)14-9-5-8-13-10-12(11-15)6-3-2-4-7-12/h13-15H,2-11H2,1H3. The second-order valence-electron chi connectivity index (χ2n) is 5.42. The summed E-state index contributed by atoms with van der Waals surface area (Å²) in [6, 6.07) is 0. The van der Waals surface area contributed by atoms with Crippen LogP contribution in [0, 0.1) is 5.41 Å². The minimum Gasteiger partial charge on any atom is -0.396 e. The van der Waals surface area contributed by atoms with Gasteiger partial charge in [-0.3, -0.25) is 0 Å². The molecule has 0 heterocycles. The minimum absolute atomic E-state index is 0.0580. The Morgan fingerprint density at radius 1 is 1.17 bits per heavy atom. The second-order valence-corrected chi connectivity index (χ2v) is 7.25. The van der Waals surface area contributed by atoms with Crippen LogP contribution in [-0.4, -0.2) is 46.0 Å². The number of hydrogen-bond donors (Lipinski definition) is 3. The van der Waals surface area contributed by atoms with Crippen molar-refractivity contribution in [3.63, 3.8) is 0 Å². The Balaban J connectivity index is 2.12. The van der Waals surface area contributed by atoms with Crippen molar-refractivity contribution >= 4 is 10.0 Å². The highest BCUT2D eigenvalue weighted by molar-refractivity contribution is 7.88. The molecule has 0 aromatic rings. The summed E-state index contributed by atoms with van der Waals surface area (Å²) in [5.74, 6) is 0. The summed E-state index contributed by atoms with van der Waals surface area (Å²) < 4.78 is 24.2. The van der Waals surface area contributed by atoms with Gasteiger partial charge in [-0.25, -0.2) is 13.1 Å². The summed E-state index contributed by atoms with van der Waals surface area (Å²) in [5.41, 5.74) is 0.0580. The van der Waals surface area contributed by atoms with Crippen LogP contribution in [0.25, 0.3) is 0 Å². The van der Waals surface area contributed by atoms with Crippen LogP contribution in [0.1, 0.15) is 38.5 Å². The summed E-state index contributed by atoms with van der Waals surface area (Å²) in [4.78, 5) is 0. The maximum Gasteiger partial charge on any atom is 0.208 e. The van der Waals surface area contributed by atoms with Crippen molar-refractivity contribution in [3.8, 4) is 0 Å². The van der Waals surface area contributed by atoms with Crippen molar-refractivity contribution in [2.75, 3.05) is 32.5 Å². The van der Waals surface area contributed by atoms with Crippen molar-refractivity contribution in [2.24, 2.45) is 5.41 Å². The Bertz CT molecular complexity index is 324. The molecule has 1 saturated carbocycles. The van der Waals surface area contributed by atoms with Crippen LogP contribution in [0.15, 0.2) is 0 Å². The van der Waals surface area contributed by atoms with Gasteiger partial charge < -0.3 is 10.4 Å². The zero-order valence-corrected chi connectivity index (χ0v) is 12.1. The number of rotatable bonds is 8. The van der Waals surface area contributed by atoms with Gasteiger partial charge in [-0.2, -0.15) is 0 Å². The lowest BCUT2D eigenvalue weighted by atomic mass is 9.74. The smallest absolute Gasteiger partial charge is 0.208 e. The van der Waals surface area contributed by atoms with E-state index in [1.165, 1.54) is 25.5 Å². The second kappa shape index (κ2) is 7.43. The van der Waals surface area contributed by atoms with Gasteiger partial charge >= 0.3 is 0 Å². The number of aliphatic hydroxyl groups is 1. The topological polar surface area (TPSA) is 78.4 Å². The average molecular weight is 278 g/mol. The van der Waals surface area contributed by atoms with Crippen molar-refractivity contribution in [3.05, 3.63) is 0 Å². The van der Waals surface area contributed by atoms with E-state index in [2.05, 4.69) is 10.0 Å². The van der Waals surface area contributed by atoms with Crippen LogP contribution < -0.4 is 10.0 Å². The summed E-state index contributed by atoms with van der Waals surface area (Å²) in [6.45, 7) is 2.34. The Labute approximate surface area is 110 Å². The molecule has 0 spiro atoms. The summed E-state index contributed by atoms with van der Waals surface area (Å²) in [6.07, 6.45) is 7.82. The van der Waals surface area contributed by atoms with Gasteiger partial charge in [-0.1, -0.05) is 19.3 Å². The van der Waals surface area contributed by atoms with Crippen LogP contribution in [0.4, 0.5) is 0 Å². The number of aliphatic hydroxyl groups excluding tert-OH is 1. The third kappa shape index (κ3) is 6.13. The average Bonchev–Trinajstić information content (AvgIpc) is 2.33. The first kappa shape index (κ1) is 15.9. The zero-order chi connectivity index (χ0) is 13.5. The fourth-order valence-corrected chi connectivity index (χ4v) is 3.03. The molecule has 0 amide bonds. The van der Waals surface area contributed by atoms with Crippen molar-refractivity contribution in [1.29, 1.82) is 0 Å². The minimum atomic E-state index is -3.07. The van der Waals surface area contributed by atoms with Gasteiger partial charge in [0, 0.05) is 25.1 Å². The van der Waals surface area contributed by atoms with E-state index < -0.39 is 10.0 Å². The first-order valence-electron chi connectivity index (χ1n) is 6.74. The van der Waals surface area contributed by atoms with Crippen LogP contribution >= 0.6 is 0 Å². The highest BCUT2D eigenvalue weighted by Gasteiger charge is 2.30. The van der Waals surface area contributed by atoms with E-state index in [1.54, 1.807) is 0 Å². The molecule has 3 N–H and O–H groups in total. The SMILES string of the molecule is CS(=O)(=O)NCCCNCC1(CO)CCCCC1. The molecule has 18 heavy (non-hydrogen) atoms. The lowest BCUT2D eigenvalue weighted by Gasteiger charge is -2.35. The zero-order valence-electron chi connectivity index (χ0n) is 11.2. The van der Waals surface area contributed by atoms with Gasteiger partial charge in [0.05, 0.1) is 6.26 Å². The summed E-state index contributed by atoms with van der Waals surface area (Å²) >= 11 is 0. The van der Waals surface area contributed by atoms with Gasteiger partial charge in [-0.05, 0) is 25.8 Å². The number of hydrogen-bond acceptors (Lipinski definition) is 4. The molecule has 108 valence electrons. The molecule has 0 atom stereocenters. The van der Waals surface area contributed by atoms with Gasteiger partial charge in [-0.15, -0.1) is 0 Å². The molecule has 0 aromatic carbocycles. The third-order valence-corrected chi connectivity index (χ3v) is 4.37.